The number of halogens is 1. The van der Waals surface area contributed by atoms with Crippen molar-refractivity contribution in [1.29, 1.82) is 0 Å². The van der Waals surface area contributed by atoms with Crippen LogP contribution in [-0.2, 0) is 4.79 Å². The summed E-state index contributed by atoms with van der Waals surface area (Å²) in [6.45, 7) is 2.39. The Kier molecular flexibility index (Phi) is 3.29. The lowest BCUT2D eigenvalue weighted by Crippen LogP contribution is -2.37. The third-order valence-corrected chi connectivity index (χ3v) is 3.76. The van der Waals surface area contributed by atoms with Gasteiger partial charge in [-0.2, -0.15) is 0 Å². The average Bonchev–Trinajstić information content (AvgIpc) is 2.72. The van der Waals surface area contributed by atoms with Gasteiger partial charge in [0.1, 0.15) is 5.82 Å². The standard InChI is InChI=1S/C13H16FN3O3/c1-13(12(16)20)2-3-17(6-13)10-4-7(11(18)19)9(15)5-8(10)14/h4-5H,2-3,6,15H2,1H3,(H2,16,20)(H,18,19). The number of anilines is 2. The van der Waals surface area contributed by atoms with Crippen molar-refractivity contribution < 1.29 is 19.1 Å². The van der Waals surface area contributed by atoms with Gasteiger partial charge in [-0.25, -0.2) is 9.18 Å². The zero-order valence-corrected chi connectivity index (χ0v) is 11.0. The predicted molar refractivity (Wildman–Crippen MR) is 71.9 cm³/mol. The van der Waals surface area contributed by atoms with Crippen molar-refractivity contribution in [3.8, 4) is 0 Å². The van der Waals surface area contributed by atoms with Crippen LogP contribution in [0, 0.1) is 11.2 Å². The van der Waals surface area contributed by atoms with Gasteiger partial charge in [0, 0.05) is 18.8 Å². The van der Waals surface area contributed by atoms with Crippen LogP contribution in [0.25, 0.3) is 0 Å². The van der Waals surface area contributed by atoms with Crippen LogP contribution in [0.5, 0.6) is 0 Å². The molecular weight excluding hydrogens is 265 g/mol. The number of primary amides is 1. The van der Waals surface area contributed by atoms with E-state index in [1.54, 1.807) is 11.8 Å². The molecule has 0 bridgehead atoms. The van der Waals surface area contributed by atoms with Gasteiger partial charge in [-0.1, -0.05) is 0 Å². The molecule has 0 aromatic heterocycles. The van der Waals surface area contributed by atoms with E-state index in [-0.39, 0.29) is 23.5 Å². The fourth-order valence-corrected chi connectivity index (χ4v) is 2.37. The number of benzene rings is 1. The minimum atomic E-state index is -1.22. The van der Waals surface area contributed by atoms with E-state index in [1.165, 1.54) is 6.07 Å². The monoisotopic (exact) mass is 281 g/mol. The molecule has 1 saturated heterocycles. The Labute approximate surface area is 115 Å². The van der Waals surface area contributed by atoms with Crippen molar-refractivity contribution in [3.05, 3.63) is 23.5 Å². The lowest BCUT2D eigenvalue weighted by atomic mass is 9.89. The van der Waals surface area contributed by atoms with E-state index in [1.807, 2.05) is 0 Å². The fourth-order valence-electron chi connectivity index (χ4n) is 2.37. The van der Waals surface area contributed by atoms with Crippen LogP contribution in [0.1, 0.15) is 23.7 Å². The molecule has 0 spiro atoms. The van der Waals surface area contributed by atoms with E-state index in [4.69, 9.17) is 16.6 Å². The minimum absolute atomic E-state index is 0.126. The van der Waals surface area contributed by atoms with E-state index in [0.717, 1.165) is 6.07 Å². The molecule has 1 aliphatic heterocycles. The molecule has 1 aromatic rings. The Hall–Kier alpha value is -2.31. The number of carbonyl (C=O) groups is 2. The van der Waals surface area contributed by atoms with Crippen LogP contribution in [0.3, 0.4) is 0 Å². The van der Waals surface area contributed by atoms with Crippen molar-refractivity contribution in [2.24, 2.45) is 11.1 Å². The van der Waals surface area contributed by atoms with Crippen LogP contribution < -0.4 is 16.4 Å². The van der Waals surface area contributed by atoms with Crippen molar-refractivity contribution in [3.63, 3.8) is 0 Å². The van der Waals surface area contributed by atoms with Gasteiger partial charge in [-0.05, 0) is 25.5 Å². The van der Waals surface area contributed by atoms with Gasteiger partial charge in [-0.3, -0.25) is 4.79 Å². The van der Waals surface area contributed by atoms with E-state index >= 15 is 0 Å². The summed E-state index contributed by atoms with van der Waals surface area (Å²) in [6.07, 6.45) is 0.495. The molecule has 1 unspecified atom stereocenters. The first-order valence-electron chi connectivity index (χ1n) is 6.12. The number of carbonyl (C=O) groups excluding carboxylic acids is 1. The maximum absolute atomic E-state index is 14.0. The molecule has 0 aliphatic carbocycles. The highest BCUT2D eigenvalue weighted by Crippen LogP contribution is 2.35. The maximum atomic E-state index is 14.0. The fraction of sp³-hybridized carbons (Fsp3) is 0.385. The van der Waals surface area contributed by atoms with Gasteiger partial charge in [-0.15, -0.1) is 0 Å². The molecule has 0 saturated carbocycles. The van der Waals surface area contributed by atoms with Gasteiger partial charge >= 0.3 is 5.97 Å². The Balaban J connectivity index is 2.37. The van der Waals surface area contributed by atoms with E-state index in [2.05, 4.69) is 0 Å². The summed E-state index contributed by atoms with van der Waals surface area (Å²) in [5.41, 5.74) is 9.92. The van der Waals surface area contributed by atoms with Crippen molar-refractivity contribution in [2.75, 3.05) is 23.7 Å². The van der Waals surface area contributed by atoms with Crippen LogP contribution in [0.15, 0.2) is 12.1 Å². The third-order valence-electron chi connectivity index (χ3n) is 3.76. The smallest absolute Gasteiger partial charge is 0.337 e. The number of hydrogen-bond donors (Lipinski definition) is 3. The summed E-state index contributed by atoms with van der Waals surface area (Å²) in [5.74, 6) is -2.28. The number of carboxylic acids is 1. The molecule has 1 atom stereocenters. The van der Waals surface area contributed by atoms with Crippen LogP contribution in [0.2, 0.25) is 0 Å². The third kappa shape index (κ3) is 2.26. The molecule has 1 heterocycles. The first-order valence-corrected chi connectivity index (χ1v) is 6.12. The number of aromatic carboxylic acids is 1. The molecule has 1 aliphatic rings. The molecule has 1 amide bonds. The second-order valence-corrected chi connectivity index (χ2v) is 5.29. The van der Waals surface area contributed by atoms with Gasteiger partial charge in [0.15, 0.2) is 0 Å². The van der Waals surface area contributed by atoms with E-state index in [0.29, 0.717) is 13.0 Å². The molecule has 0 radical (unpaired) electrons. The topological polar surface area (TPSA) is 110 Å². The molecule has 1 aromatic carbocycles. The van der Waals surface area contributed by atoms with E-state index in [9.17, 15) is 14.0 Å². The van der Waals surface area contributed by atoms with Crippen molar-refractivity contribution in [1.82, 2.24) is 0 Å². The van der Waals surface area contributed by atoms with Gasteiger partial charge in [0.2, 0.25) is 5.91 Å². The summed E-state index contributed by atoms with van der Waals surface area (Å²) >= 11 is 0. The van der Waals surface area contributed by atoms with Crippen molar-refractivity contribution in [2.45, 2.75) is 13.3 Å². The highest BCUT2D eigenvalue weighted by molar-refractivity contribution is 5.95. The number of hydrogen-bond acceptors (Lipinski definition) is 4. The predicted octanol–water partition coefficient (Wildman–Crippen LogP) is 0.808. The minimum Gasteiger partial charge on any atom is -0.478 e. The lowest BCUT2D eigenvalue weighted by Gasteiger charge is -2.23. The lowest BCUT2D eigenvalue weighted by molar-refractivity contribution is -0.125. The van der Waals surface area contributed by atoms with Crippen LogP contribution >= 0.6 is 0 Å². The molecule has 2 rings (SSSR count). The second-order valence-electron chi connectivity index (χ2n) is 5.29. The SMILES string of the molecule is CC1(C(N)=O)CCN(c2cc(C(=O)O)c(N)cc2F)C1. The Morgan fingerprint density at radius 1 is 1.45 bits per heavy atom. The molecule has 1 fully saturated rings. The number of nitrogens with zero attached hydrogens (tertiary/aromatic N) is 1. The number of carboxylic acid groups (broad SMARTS) is 1. The highest BCUT2D eigenvalue weighted by atomic mass is 19.1. The summed E-state index contributed by atoms with van der Waals surface area (Å²) in [7, 11) is 0. The Bertz CT molecular complexity index is 590. The molecule has 5 N–H and O–H groups in total. The van der Waals surface area contributed by atoms with Crippen LogP contribution in [0.4, 0.5) is 15.8 Å². The zero-order valence-electron chi connectivity index (χ0n) is 11.0. The maximum Gasteiger partial charge on any atom is 0.337 e. The largest absolute Gasteiger partial charge is 0.478 e. The Morgan fingerprint density at radius 2 is 2.10 bits per heavy atom. The highest BCUT2D eigenvalue weighted by Gasteiger charge is 2.39. The normalized spacial score (nSPS) is 22.0. The second kappa shape index (κ2) is 4.66. The summed E-state index contributed by atoms with van der Waals surface area (Å²) in [6, 6.07) is 2.18. The van der Waals surface area contributed by atoms with Gasteiger partial charge < -0.3 is 21.5 Å². The number of nitrogens with two attached hydrogens (primary N) is 2. The molecule has 20 heavy (non-hydrogen) atoms. The number of nitrogen functional groups attached to an aromatic ring is 1. The molecule has 108 valence electrons. The molecular formula is C13H16FN3O3. The zero-order chi connectivity index (χ0) is 15.1. The summed E-state index contributed by atoms with van der Waals surface area (Å²) in [4.78, 5) is 24.1. The van der Waals surface area contributed by atoms with Gasteiger partial charge in [0.25, 0.3) is 0 Å². The summed E-state index contributed by atoms with van der Waals surface area (Å²) in [5, 5.41) is 9.02. The quantitative estimate of drug-likeness (QED) is 0.710. The Morgan fingerprint density at radius 3 is 2.60 bits per heavy atom. The summed E-state index contributed by atoms with van der Waals surface area (Å²) < 4.78 is 14.0. The first-order chi connectivity index (χ1) is 9.24. The van der Waals surface area contributed by atoms with E-state index < -0.39 is 23.1 Å². The molecule has 6 nitrogen and oxygen atoms in total. The first kappa shape index (κ1) is 14.1. The van der Waals surface area contributed by atoms with Crippen LogP contribution in [-0.4, -0.2) is 30.1 Å². The molecule has 7 heteroatoms. The van der Waals surface area contributed by atoms with Gasteiger partial charge in [0.05, 0.1) is 16.7 Å². The average molecular weight is 281 g/mol. The number of rotatable bonds is 3. The number of amides is 1. The van der Waals surface area contributed by atoms with Crippen molar-refractivity contribution >= 4 is 23.3 Å².